The third-order valence-electron chi connectivity index (χ3n) is 2.30. The second-order valence-electron chi connectivity index (χ2n) is 3.97. The molecule has 0 fully saturated rings. The molecular formula is C14H16N2O2. The highest BCUT2D eigenvalue weighted by Crippen LogP contribution is 2.09. The zero-order chi connectivity index (χ0) is 13.5. The minimum atomic E-state index is -0.859. The van der Waals surface area contributed by atoms with Crippen LogP contribution in [-0.4, -0.2) is 21.0 Å². The van der Waals surface area contributed by atoms with E-state index in [1.807, 2.05) is 19.9 Å². The Morgan fingerprint density at radius 2 is 1.89 bits per heavy atom. The normalized spacial score (nSPS) is 9.28. The van der Waals surface area contributed by atoms with E-state index in [0.717, 1.165) is 16.8 Å². The number of carbonyl (C=O) groups is 1. The molecule has 4 nitrogen and oxygen atoms in total. The second-order valence-corrected chi connectivity index (χ2v) is 3.97. The zero-order valence-electron chi connectivity index (χ0n) is 10.7. The summed E-state index contributed by atoms with van der Waals surface area (Å²) >= 11 is 0. The van der Waals surface area contributed by atoms with Crippen LogP contribution in [-0.2, 0) is 0 Å². The summed E-state index contributed by atoms with van der Waals surface area (Å²) in [5, 5.41) is 8.66. The molecule has 1 aromatic heterocycles. The summed E-state index contributed by atoms with van der Waals surface area (Å²) < 4.78 is 0. The first-order valence-corrected chi connectivity index (χ1v) is 5.54. The molecule has 0 aliphatic heterocycles. The fraction of sp³-hybridized carbons (Fsp3) is 0.214. The lowest BCUT2D eigenvalue weighted by Crippen LogP contribution is -1.99. The van der Waals surface area contributed by atoms with Crippen molar-refractivity contribution in [3.05, 3.63) is 59.2 Å². The summed E-state index contributed by atoms with van der Waals surface area (Å²) in [5.41, 5.74) is 3.25. The standard InChI is InChI=1S/C9H10O2.C5H6N2/c1-6-3-4-8(9(10)11)7(2)5-6;1-5-4-6-2-3-7-5/h3-5H,1-2H3,(H,10,11);2-4H,1H3. The largest absolute Gasteiger partial charge is 0.478 e. The molecule has 0 amide bonds. The molecule has 0 saturated heterocycles. The zero-order valence-corrected chi connectivity index (χ0v) is 10.7. The van der Waals surface area contributed by atoms with Crippen LogP contribution in [0.5, 0.6) is 0 Å². The average molecular weight is 244 g/mol. The molecule has 0 radical (unpaired) electrons. The molecule has 4 heteroatoms. The molecule has 94 valence electrons. The highest BCUT2D eigenvalue weighted by Gasteiger charge is 2.04. The van der Waals surface area contributed by atoms with Crippen LogP contribution in [0.25, 0.3) is 0 Å². The minimum Gasteiger partial charge on any atom is -0.478 e. The summed E-state index contributed by atoms with van der Waals surface area (Å²) in [6.07, 6.45) is 5.06. The maximum Gasteiger partial charge on any atom is 0.335 e. The van der Waals surface area contributed by atoms with Crippen molar-refractivity contribution in [3.8, 4) is 0 Å². The highest BCUT2D eigenvalue weighted by atomic mass is 16.4. The van der Waals surface area contributed by atoms with Gasteiger partial charge in [0.15, 0.2) is 0 Å². The number of hydrogen-bond donors (Lipinski definition) is 1. The van der Waals surface area contributed by atoms with E-state index in [9.17, 15) is 4.79 Å². The number of rotatable bonds is 1. The van der Waals surface area contributed by atoms with E-state index < -0.39 is 5.97 Å². The molecule has 1 aromatic carbocycles. The first-order chi connectivity index (χ1) is 8.50. The van der Waals surface area contributed by atoms with Crippen LogP contribution in [0.2, 0.25) is 0 Å². The number of carboxylic acids is 1. The van der Waals surface area contributed by atoms with Crippen LogP contribution in [0.4, 0.5) is 0 Å². The molecule has 18 heavy (non-hydrogen) atoms. The molecule has 1 heterocycles. The van der Waals surface area contributed by atoms with Gasteiger partial charge in [0.1, 0.15) is 0 Å². The summed E-state index contributed by atoms with van der Waals surface area (Å²) in [7, 11) is 0. The van der Waals surface area contributed by atoms with Gasteiger partial charge in [-0.3, -0.25) is 9.97 Å². The Morgan fingerprint density at radius 3 is 2.28 bits per heavy atom. The summed E-state index contributed by atoms with van der Waals surface area (Å²) in [6, 6.07) is 5.30. The van der Waals surface area contributed by atoms with Gasteiger partial charge in [0, 0.05) is 18.6 Å². The third kappa shape index (κ3) is 4.33. The van der Waals surface area contributed by atoms with E-state index in [1.54, 1.807) is 37.6 Å². The lowest BCUT2D eigenvalue weighted by atomic mass is 10.1. The Balaban J connectivity index is 0.000000199. The van der Waals surface area contributed by atoms with Crippen molar-refractivity contribution in [3.63, 3.8) is 0 Å². The quantitative estimate of drug-likeness (QED) is 0.837. The predicted molar refractivity (Wildman–Crippen MR) is 69.6 cm³/mol. The Morgan fingerprint density at radius 1 is 1.17 bits per heavy atom. The van der Waals surface area contributed by atoms with Crippen LogP contribution in [0, 0.1) is 20.8 Å². The topological polar surface area (TPSA) is 63.1 Å². The minimum absolute atomic E-state index is 0.385. The van der Waals surface area contributed by atoms with Gasteiger partial charge < -0.3 is 5.11 Å². The van der Waals surface area contributed by atoms with Crippen molar-refractivity contribution in [1.29, 1.82) is 0 Å². The molecule has 0 unspecified atom stereocenters. The van der Waals surface area contributed by atoms with E-state index in [1.165, 1.54) is 0 Å². The highest BCUT2D eigenvalue weighted by molar-refractivity contribution is 5.89. The fourth-order valence-electron chi connectivity index (χ4n) is 1.43. The van der Waals surface area contributed by atoms with Crippen LogP contribution in [0.15, 0.2) is 36.8 Å². The van der Waals surface area contributed by atoms with Gasteiger partial charge in [0.25, 0.3) is 0 Å². The summed E-state index contributed by atoms with van der Waals surface area (Å²) in [4.78, 5) is 18.3. The number of aromatic nitrogens is 2. The molecule has 0 aliphatic rings. The van der Waals surface area contributed by atoms with Gasteiger partial charge in [-0.15, -0.1) is 0 Å². The lowest BCUT2D eigenvalue weighted by molar-refractivity contribution is 0.0696. The van der Waals surface area contributed by atoms with Gasteiger partial charge in [-0.25, -0.2) is 4.79 Å². The van der Waals surface area contributed by atoms with Crippen LogP contribution < -0.4 is 0 Å². The third-order valence-corrected chi connectivity index (χ3v) is 2.30. The molecule has 0 spiro atoms. The number of nitrogens with zero attached hydrogens (tertiary/aromatic N) is 2. The van der Waals surface area contributed by atoms with E-state index in [0.29, 0.717) is 5.56 Å². The van der Waals surface area contributed by atoms with Gasteiger partial charge >= 0.3 is 5.97 Å². The second kappa shape index (κ2) is 6.49. The van der Waals surface area contributed by atoms with Gasteiger partial charge in [-0.1, -0.05) is 17.7 Å². The Hall–Kier alpha value is -2.23. The van der Waals surface area contributed by atoms with Crippen molar-refractivity contribution in [2.24, 2.45) is 0 Å². The first kappa shape index (κ1) is 13.8. The van der Waals surface area contributed by atoms with E-state index in [2.05, 4.69) is 9.97 Å². The van der Waals surface area contributed by atoms with Crippen LogP contribution in [0.1, 0.15) is 27.2 Å². The maximum atomic E-state index is 10.5. The van der Waals surface area contributed by atoms with Crippen molar-refractivity contribution < 1.29 is 9.90 Å². The smallest absolute Gasteiger partial charge is 0.335 e. The van der Waals surface area contributed by atoms with Crippen molar-refractivity contribution in [1.82, 2.24) is 9.97 Å². The Kier molecular flexibility index (Phi) is 4.99. The SMILES string of the molecule is Cc1ccc(C(=O)O)c(C)c1.Cc1cnccn1. The van der Waals surface area contributed by atoms with Gasteiger partial charge in [0.05, 0.1) is 11.3 Å². The molecular weight excluding hydrogens is 228 g/mol. The van der Waals surface area contributed by atoms with E-state index >= 15 is 0 Å². The summed E-state index contributed by atoms with van der Waals surface area (Å²) in [5.74, 6) is -0.859. The van der Waals surface area contributed by atoms with Gasteiger partial charge in [0.2, 0.25) is 0 Å². The van der Waals surface area contributed by atoms with Crippen molar-refractivity contribution in [2.45, 2.75) is 20.8 Å². The fourth-order valence-corrected chi connectivity index (χ4v) is 1.43. The number of aryl methyl sites for hydroxylation is 3. The number of hydrogen-bond acceptors (Lipinski definition) is 3. The van der Waals surface area contributed by atoms with Gasteiger partial charge in [-0.2, -0.15) is 0 Å². The molecule has 0 aliphatic carbocycles. The van der Waals surface area contributed by atoms with Gasteiger partial charge in [-0.05, 0) is 32.4 Å². The molecule has 2 rings (SSSR count). The number of aromatic carboxylic acids is 1. The maximum absolute atomic E-state index is 10.5. The van der Waals surface area contributed by atoms with E-state index in [-0.39, 0.29) is 0 Å². The Bertz CT molecular complexity index is 525. The number of carboxylic acid groups (broad SMARTS) is 1. The molecule has 2 aromatic rings. The first-order valence-electron chi connectivity index (χ1n) is 5.54. The van der Waals surface area contributed by atoms with Crippen LogP contribution >= 0.6 is 0 Å². The lowest BCUT2D eigenvalue weighted by Gasteiger charge is -2.00. The average Bonchev–Trinajstić information content (AvgIpc) is 2.30. The monoisotopic (exact) mass is 244 g/mol. The molecule has 1 N–H and O–H groups in total. The van der Waals surface area contributed by atoms with E-state index in [4.69, 9.17) is 5.11 Å². The Labute approximate surface area is 106 Å². The van der Waals surface area contributed by atoms with Crippen molar-refractivity contribution in [2.75, 3.05) is 0 Å². The molecule has 0 saturated carbocycles. The summed E-state index contributed by atoms with van der Waals surface area (Å²) in [6.45, 7) is 5.65. The molecule has 0 bridgehead atoms. The number of benzene rings is 1. The molecule has 0 atom stereocenters. The predicted octanol–water partition coefficient (Wildman–Crippen LogP) is 2.79. The van der Waals surface area contributed by atoms with Crippen LogP contribution in [0.3, 0.4) is 0 Å². The van der Waals surface area contributed by atoms with Crippen molar-refractivity contribution >= 4 is 5.97 Å².